The van der Waals surface area contributed by atoms with Crippen molar-refractivity contribution >= 4 is 39.1 Å². The van der Waals surface area contributed by atoms with E-state index in [0.717, 1.165) is 10.6 Å². The van der Waals surface area contributed by atoms with Crippen LogP contribution in [0.1, 0.15) is 6.92 Å². The Kier molecular flexibility index (Phi) is 7.37. The van der Waals surface area contributed by atoms with Crippen LogP contribution in [0.4, 0.5) is 11.4 Å². The van der Waals surface area contributed by atoms with E-state index in [2.05, 4.69) is 10.0 Å². The molecule has 0 aliphatic carbocycles. The highest BCUT2D eigenvalue weighted by Crippen LogP contribution is 2.23. The lowest BCUT2D eigenvalue weighted by Gasteiger charge is -2.09. The topological polar surface area (TPSA) is 84.5 Å². The molecule has 0 heterocycles. The van der Waals surface area contributed by atoms with E-state index in [1.807, 2.05) is 19.1 Å². The van der Waals surface area contributed by atoms with E-state index in [1.54, 1.807) is 54.6 Å². The largest absolute Gasteiger partial charge is 0.494 e. The molecule has 0 atom stereocenters. The third-order valence-corrected chi connectivity index (χ3v) is 6.39. The van der Waals surface area contributed by atoms with Crippen LogP contribution in [-0.4, -0.2) is 26.7 Å². The molecule has 30 heavy (non-hydrogen) atoms. The zero-order valence-corrected chi connectivity index (χ0v) is 18.0. The van der Waals surface area contributed by atoms with Crippen molar-refractivity contribution in [2.75, 3.05) is 22.4 Å². The highest BCUT2D eigenvalue weighted by atomic mass is 32.2. The van der Waals surface area contributed by atoms with Crippen LogP contribution >= 0.6 is 11.8 Å². The number of carbonyl (C=O) groups excluding carboxylic acids is 1. The Balaban J connectivity index is 1.51. The molecule has 0 unspecified atom stereocenters. The van der Waals surface area contributed by atoms with Gasteiger partial charge in [-0.25, -0.2) is 8.42 Å². The van der Waals surface area contributed by atoms with Gasteiger partial charge in [0.1, 0.15) is 5.75 Å². The van der Waals surface area contributed by atoms with E-state index < -0.39 is 10.0 Å². The van der Waals surface area contributed by atoms with Gasteiger partial charge in [-0.05, 0) is 67.6 Å². The average molecular weight is 443 g/mol. The molecule has 3 aromatic carbocycles. The Morgan fingerprint density at radius 2 is 1.53 bits per heavy atom. The van der Waals surface area contributed by atoms with Crippen LogP contribution in [-0.2, 0) is 14.8 Å². The summed E-state index contributed by atoms with van der Waals surface area (Å²) in [6.07, 6.45) is 0. The van der Waals surface area contributed by atoms with E-state index in [-0.39, 0.29) is 16.6 Å². The standard InChI is InChI=1S/C22H22N2O4S2/c1-2-28-19-12-8-17(9-13-19)23-22(25)16-29-20-14-10-18(11-15-20)24-30(26,27)21-6-4-3-5-7-21/h3-15,24H,2,16H2,1H3,(H,23,25). The van der Waals surface area contributed by atoms with E-state index in [9.17, 15) is 13.2 Å². The van der Waals surface area contributed by atoms with Crippen molar-refractivity contribution in [3.8, 4) is 5.75 Å². The van der Waals surface area contributed by atoms with Crippen molar-refractivity contribution in [1.82, 2.24) is 0 Å². The van der Waals surface area contributed by atoms with Crippen LogP contribution in [0.5, 0.6) is 5.75 Å². The normalized spacial score (nSPS) is 11.0. The number of sulfonamides is 1. The molecule has 6 nitrogen and oxygen atoms in total. The van der Waals surface area contributed by atoms with Gasteiger partial charge in [-0.1, -0.05) is 18.2 Å². The molecule has 1 amide bonds. The van der Waals surface area contributed by atoms with Gasteiger partial charge < -0.3 is 10.1 Å². The van der Waals surface area contributed by atoms with Crippen molar-refractivity contribution < 1.29 is 17.9 Å². The lowest BCUT2D eigenvalue weighted by molar-refractivity contribution is -0.113. The second-order valence-electron chi connectivity index (χ2n) is 6.24. The maximum atomic E-state index is 12.4. The first kappa shape index (κ1) is 21.7. The molecule has 0 bridgehead atoms. The summed E-state index contributed by atoms with van der Waals surface area (Å²) >= 11 is 1.37. The molecular weight excluding hydrogens is 420 g/mol. The number of nitrogens with one attached hydrogen (secondary N) is 2. The number of anilines is 2. The highest BCUT2D eigenvalue weighted by molar-refractivity contribution is 8.00. The summed E-state index contributed by atoms with van der Waals surface area (Å²) in [5, 5.41) is 2.84. The van der Waals surface area contributed by atoms with Crippen LogP contribution in [0.3, 0.4) is 0 Å². The summed E-state index contributed by atoms with van der Waals surface area (Å²) in [5.41, 5.74) is 1.16. The smallest absolute Gasteiger partial charge is 0.261 e. The quantitative estimate of drug-likeness (QED) is 0.473. The predicted molar refractivity (Wildman–Crippen MR) is 121 cm³/mol. The minimum atomic E-state index is -3.62. The Hall–Kier alpha value is -2.97. The van der Waals surface area contributed by atoms with E-state index in [0.29, 0.717) is 18.0 Å². The van der Waals surface area contributed by atoms with Gasteiger partial charge in [0.05, 0.1) is 17.3 Å². The van der Waals surface area contributed by atoms with Crippen molar-refractivity contribution in [1.29, 1.82) is 0 Å². The van der Waals surface area contributed by atoms with E-state index in [4.69, 9.17) is 4.74 Å². The second kappa shape index (κ2) is 10.2. The lowest BCUT2D eigenvalue weighted by atomic mass is 10.3. The van der Waals surface area contributed by atoms with Gasteiger partial charge >= 0.3 is 0 Å². The Morgan fingerprint density at radius 1 is 0.900 bits per heavy atom. The number of hydrogen-bond donors (Lipinski definition) is 2. The minimum absolute atomic E-state index is 0.127. The Morgan fingerprint density at radius 3 is 2.17 bits per heavy atom. The second-order valence-corrected chi connectivity index (χ2v) is 8.97. The maximum absolute atomic E-state index is 12.4. The van der Waals surface area contributed by atoms with Crippen LogP contribution < -0.4 is 14.8 Å². The van der Waals surface area contributed by atoms with Crippen LogP contribution in [0.2, 0.25) is 0 Å². The van der Waals surface area contributed by atoms with Gasteiger partial charge in [-0.2, -0.15) is 0 Å². The molecule has 8 heteroatoms. The Labute approximate surface area is 180 Å². The summed E-state index contributed by atoms with van der Waals surface area (Å²) in [6.45, 7) is 2.51. The molecule has 0 saturated carbocycles. The fourth-order valence-corrected chi connectivity index (χ4v) is 4.36. The molecule has 0 spiro atoms. The molecular formula is C22H22N2O4S2. The summed E-state index contributed by atoms with van der Waals surface area (Å²) in [6, 6.07) is 22.3. The summed E-state index contributed by atoms with van der Waals surface area (Å²) in [4.78, 5) is 13.2. The van der Waals surface area contributed by atoms with Crippen LogP contribution in [0.25, 0.3) is 0 Å². The van der Waals surface area contributed by atoms with E-state index in [1.165, 1.54) is 23.9 Å². The van der Waals surface area contributed by atoms with Crippen molar-refractivity contribution in [2.45, 2.75) is 16.7 Å². The van der Waals surface area contributed by atoms with Crippen molar-refractivity contribution in [3.63, 3.8) is 0 Å². The molecule has 0 saturated heterocycles. The summed E-state index contributed by atoms with van der Waals surface area (Å²) < 4.78 is 32.6. The van der Waals surface area contributed by atoms with Gasteiger partial charge in [-0.15, -0.1) is 11.8 Å². The van der Waals surface area contributed by atoms with E-state index >= 15 is 0 Å². The summed E-state index contributed by atoms with van der Waals surface area (Å²) in [7, 11) is -3.62. The SMILES string of the molecule is CCOc1ccc(NC(=O)CSc2ccc(NS(=O)(=O)c3ccccc3)cc2)cc1. The first-order valence-corrected chi connectivity index (χ1v) is 11.8. The molecule has 3 aromatic rings. The predicted octanol–water partition coefficient (Wildman–Crippen LogP) is 4.62. The number of ether oxygens (including phenoxy) is 1. The highest BCUT2D eigenvalue weighted by Gasteiger charge is 2.13. The molecule has 0 fully saturated rings. The molecule has 156 valence electrons. The zero-order chi connectivity index (χ0) is 21.4. The molecule has 3 rings (SSSR count). The monoisotopic (exact) mass is 442 g/mol. The first-order valence-electron chi connectivity index (χ1n) is 9.30. The number of rotatable bonds is 9. The average Bonchev–Trinajstić information content (AvgIpc) is 2.75. The molecule has 0 radical (unpaired) electrons. The van der Waals surface area contributed by atoms with Gasteiger partial charge in [0, 0.05) is 16.3 Å². The van der Waals surface area contributed by atoms with Crippen LogP contribution in [0.15, 0.2) is 88.7 Å². The molecule has 0 aliphatic rings. The van der Waals surface area contributed by atoms with Crippen molar-refractivity contribution in [3.05, 3.63) is 78.9 Å². The number of amides is 1. The molecule has 2 N–H and O–H groups in total. The van der Waals surface area contributed by atoms with Gasteiger partial charge in [0.2, 0.25) is 5.91 Å². The number of benzene rings is 3. The number of hydrogen-bond acceptors (Lipinski definition) is 5. The Bertz CT molecular complexity index is 1070. The number of thioether (sulfide) groups is 1. The number of carbonyl (C=O) groups is 1. The van der Waals surface area contributed by atoms with Gasteiger partial charge in [0.25, 0.3) is 10.0 Å². The molecule has 0 aromatic heterocycles. The van der Waals surface area contributed by atoms with Crippen LogP contribution in [0, 0.1) is 0 Å². The maximum Gasteiger partial charge on any atom is 0.261 e. The fourth-order valence-electron chi connectivity index (χ4n) is 2.58. The minimum Gasteiger partial charge on any atom is -0.494 e. The fraction of sp³-hybridized carbons (Fsp3) is 0.136. The zero-order valence-electron chi connectivity index (χ0n) is 16.4. The van der Waals surface area contributed by atoms with Gasteiger partial charge in [-0.3, -0.25) is 9.52 Å². The van der Waals surface area contributed by atoms with Crippen molar-refractivity contribution in [2.24, 2.45) is 0 Å². The summed E-state index contributed by atoms with van der Waals surface area (Å²) in [5.74, 6) is 0.869. The third-order valence-electron chi connectivity index (χ3n) is 3.98. The molecule has 0 aliphatic heterocycles. The third kappa shape index (κ3) is 6.27. The lowest BCUT2D eigenvalue weighted by Crippen LogP contribution is -2.14. The van der Waals surface area contributed by atoms with Gasteiger partial charge in [0.15, 0.2) is 0 Å². The first-order chi connectivity index (χ1) is 14.5.